The van der Waals surface area contributed by atoms with E-state index in [2.05, 4.69) is 12.6 Å². The first-order valence-electron chi connectivity index (χ1n) is 6.92. The van der Waals surface area contributed by atoms with Crippen LogP contribution in [0.15, 0.2) is 0 Å². The molecule has 1 saturated carbocycles. The van der Waals surface area contributed by atoms with Crippen LogP contribution < -0.4 is 0 Å². The number of carbonyl (C=O) groups is 4. The highest BCUT2D eigenvalue weighted by Crippen LogP contribution is 2.41. The van der Waals surface area contributed by atoms with Crippen LogP contribution in [0.4, 0.5) is 0 Å². The maximum absolute atomic E-state index is 11.4. The van der Waals surface area contributed by atoms with Crippen LogP contribution >= 0.6 is 12.6 Å². The molecular formula is C14H20O8S. The lowest BCUT2D eigenvalue weighted by Gasteiger charge is -2.30. The number of hydrogen-bond donors (Lipinski definition) is 1. The van der Waals surface area contributed by atoms with Gasteiger partial charge in [-0.25, -0.2) is 0 Å². The van der Waals surface area contributed by atoms with Gasteiger partial charge in [0.2, 0.25) is 0 Å². The molecule has 23 heavy (non-hydrogen) atoms. The average Bonchev–Trinajstić information content (AvgIpc) is 2.60. The molecule has 1 fully saturated rings. The molecule has 0 aromatic heterocycles. The quantitative estimate of drug-likeness (QED) is 0.433. The Morgan fingerprint density at radius 1 is 0.913 bits per heavy atom. The highest BCUT2D eigenvalue weighted by Gasteiger charge is 2.58. The van der Waals surface area contributed by atoms with Gasteiger partial charge in [0, 0.05) is 34.1 Å². The first-order valence-corrected chi connectivity index (χ1v) is 7.37. The van der Waals surface area contributed by atoms with Crippen molar-refractivity contribution in [2.75, 3.05) is 6.61 Å². The van der Waals surface area contributed by atoms with Gasteiger partial charge in [-0.05, 0) is 0 Å². The molecule has 0 aliphatic heterocycles. The van der Waals surface area contributed by atoms with Crippen molar-refractivity contribution in [1.82, 2.24) is 0 Å². The van der Waals surface area contributed by atoms with Gasteiger partial charge >= 0.3 is 23.9 Å². The predicted octanol–water partition coefficient (Wildman–Crippen LogP) is 0.417. The summed E-state index contributed by atoms with van der Waals surface area (Å²) in [5, 5.41) is 0. The third-order valence-corrected chi connectivity index (χ3v) is 3.75. The van der Waals surface area contributed by atoms with Crippen molar-refractivity contribution in [2.24, 2.45) is 0 Å². The van der Waals surface area contributed by atoms with E-state index in [1.807, 2.05) is 0 Å². The molecule has 8 nitrogen and oxygen atoms in total. The minimum Gasteiger partial charge on any atom is -0.464 e. The standard InChI is InChI=1S/C14H20O8S/c1-7(15)19-6-14(23)5-11(20-8(2)16)12(21-9(3)17)13(14)22-10(4)18/h11-13,23H,5-6H2,1-4H3/t11-,12+,13-,14+/m0/s1. The molecular weight excluding hydrogens is 328 g/mol. The first kappa shape index (κ1) is 19.3. The summed E-state index contributed by atoms with van der Waals surface area (Å²) in [7, 11) is 0. The normalized spacial score (nSPS) is 29.5. The predicted molar refractivity (Wildman–Crippen MR) is 79.6 cm³/mol. The summed E-state index contributed by atoms with van der Waals surface area (Å²) in [6, 6.07) is 0. The van der Waals surface area contributed by atoms with Crippen LogP contribution in [0.2, 0.25) is 0 Å². The summed E-state index contributed by atoms with van der Waals surface area (Å²) < 4.78 is 19.3. The maximum Gasteiger partial charge on any atom is 0.303 e. The molecule has 0 unspecified atom stereocenters. The van der Waals surface area contributed by atoms with Crippen molar-refractivity contribution < 1.29 is 38.1 Å². The van der Waals surface area contributed by atoms with E-state index in [0.29, 0.717) is 0 Å². The second-order valence-corrected chi connectivity index (χ2v) is 6.23. The van der Waals surface area contributed by atoms with Gasteiger partial charge in [0.15, 0.2) is 12.2 Å². The molecule has 130 valence electrons. The zero-order valence-corrected chi connectivity index (χ0v) is 14.3. The monoisotopic (exact) mass is 348 g/mol. The second-order valence-electron chi connectivity index (χ2n) is 5.34. The van der Waals surface area contributed by atoms with Crippen LogP contribution in [-0.4, -0.2) is 53.5 Å². The zero-order chi connectivity index (χ0) is 17.8. The number of esters is 4. The Morgan fingerprint density at radius 3 is 1.87 bits per heavy atom. The fourth-order valence-electron chi connectivity index (χ4n) is 2.46. The average molecular weight is 348 g/mol. The van der Waals surface area contributed by atoms with E-state index in [9.17, 15) is 19.2 Å². The van der Waals surface area contributed by atoms with Crippen LogP contribution in [0, 0.1) is 0 Å². The third-order valence-electron chi connectivity index (χ3n) is 3.19. The Labute approximate surface area is 139 Å². The minimum atomic E-state index is -1.16. The van der Waals surface area contributed by atoms with Crippen molar-refractivity contribution in [3.63, 3.8) is 0 Å². The van der Waals surface area contributed by atoms with Crippen LogP contribution in [0.3, 0.4) is 0 Å². The largest absolute Gasteiger partial charge is 0.464 e. The Bertz CT molecular complexity index is 505. The first-order chi connectivity index (χ1) is 10.5. The second kappa shape index (κ2) is 7.67. The molecule has 9 heteroatoms. The molecule has 0 aromatic rings. The minimum absolute atomic E-state index is 0.0822. The molecule has 0 amide bonds. The molecule has 0 saturated heterocycles. The lowest BCUT2D eigenvalue weighted by Crippen LogP contribution is -2.46. The van der Waals surface area contributed by atoms with Crippen LogP contribution in [-0.2, 0) is 38.1 Å². The van der Waals surface area contributed by atoms with Gasteiger partial charge in [0.05, 0.1) is 4.75 Å². The van der Waals surface area contributed by atoms with Crippen LogP contribution in [0.5, 0.6) is 0 Å². The van der Waals surface area contributed by atoms with Gasteiger partial charge in [0.1, 0.15) is 12.7 Å². The number of rotatable bonds is 5. The number of thiol groups is 1. The van der Waals surface area contributed by atoms with Crippen molar-refractivity contribution >= 4 is 36.5 Å². The van der Waals surface area contributed by atoms with Crippen LogP contribution in [0.1, 0.15) is 34.1 Å². The molecule has 1 rings (SSSR count). The summed E-state index contributed by atoms with van der Waals surface area (Å²) in [5.41, 5.74) is 0. The SMILES string of the molecule is CC(=O)OC[C@]1(S)C[C@H](OC(C)=O)[C@@H](OC(C)=O)[C@@H]1OC(C)=O. The highest BCUT2D eigenvalue weighted by atomic mass is 32.1. The number of ether oxygens (including phenoxy) is 4. The topological polar surface area (TPSA) is 105 Å². The molecule has 0 heterocycles. The molecule has 0 radical (unpaired) electrons. The van der Waals surface area contributed by atoms with Crippen molar-refractivity contribution in [3.8, 4) is 0 Å². The Kier molecular flexibility index (Phi) is 6.43. The van der Waals surface area contributed by atoms with Gasteiger partial charge in [0.25, 0.3) is 0 Å². The van der Waals surface area contributed by atoms with Gasteiger partial charge in [-0.3, -0.25) is 19.2 Å². The van der Waals surface area contributed by atoms with E-state index >= 15 is 0 Å². The smallest absolute Gasteiger partial charge is 0.303 e. The summed E-state index contributed by atoms with van der Waals surface area (Å²) in [6.45, 7) is 4.60. The Hall–Kier alpha value is -1.77. The Morgan fingerprint density at radius 2 is 1.43 bits per heavy atom. The molecule has 1 aliphatic rings. The summed E-state index contributed by atoms with van der Waals surface area (Å²) in [5.74, 6) is -2.38. The third kappa shape index (κ3) is 5.42. The fourth-order valence-corrected chi connectivity index (χ4v) is 2.90. The summed E-state index contributed by atoms with van der Waals surface area (Å²) in [6.07, 6.45) is -2.85. The molecule has 4 atom stereocenters. The molecule has 1 aliphatic carbocycles. The number of carbonyl (C=O) groups excluding carboxylic acids is 4. The van der Waals surface area contributed by atoms with Gasteiger partial charge in [-0.15, -0.1) is 0 Å². The van der Waals surface area contributed by atoms with Crippen LogP contribution in [0.25, 0.3) is 0 Å². The Balaban J connectivity index is 3.11. The summed E-state index contributed by atoms with van der Waals surface area (Å²) in [4.78, 5) is 45.0. The van der Waals surface area contributed by atoms with E-state index < -0.39 is 46.9 Å². The van der Waals surface area contributed by atoms with Gasteiger partial charge < -0.3 is 18.9 Å². The molecule has 0 N–H and O–H groups in total. The maximum atomic E-state index is 11.4. The zero-order valence-electron chi connectivity index (χ0n) is 13.4. The van der Waals surface area contributed by atoms with E-state index in [0.717, 1.165) is 0 Å². The van der Waals surface area contributed by atoms with E-state index in [-0.39, 0.29) is 13.0 Å². The van der Waals surface area contributed by atoms with E-state index in [4.69, 9.17) is 18.9 Å². The van der Waals surface area contributed by atoms with E-state index in [1.54, 1.807) is 0 Å². The molecule has 0 aromatic carbocycles. The number of hydrogen-bond acceptors (Lipinski definition) is 9. The summed E-state index contributed by atoms with van der Waals surface area (Å²) >= 11 is 4.45. The molecule has 0 bridgehead atoms. The lowest BCUT2D eigenvalue weighted by atomic mass is 10.1. The van der Waals surface area contributed by atoms with E-state index in [1.165, 1.54) is 27.7 Å². The fraction of sp³-hybridized carbons (Fsp3) is 0.714. The molecule has 0 spiro atoms. The highest BCUT2D eigenvalue weighted by molar-refractivity contribution is 7.82. The lowest BCUT2D eigenvalue weighted by molar-refractivity contribution is -0.175. The van der Waals surface area contributed by atoms with Gasteiger partial charge in [-0.2, -0.15) is 12.6 Å². The van der Waals surface area contributed by atoms with Crippen molar-refractivity contribution in [1.29, 1.82) is 0 Å². The van der Waals surface area contributed by atoms with Crippen molar-refractivity contribution in [2.45, 2.75) is 57.2 Å². The van der Waals surface area contributed by atoms with Gasteiger partial charge in [-0.1, -0.05) is 0 Å². The van der Waals surface area contributed by atoms with Crippen molar-refractivity contribution in [3.05, 3.63) is 0 Å².